The van der Waals surface area contributed by atoms with Crippen molar-refractivity contribution in [2.45, 2.75) is 57.6 Å². The molecule has 6 nitrogen and oxygen atoms in total. The fraction of sp³-hybridized carbons (Fsp3) is 0.385. The van der Waals surface area contributed by atoms with E-state index in [4.69, 9.17) is 4.74 Å². The lowest BCUT2D eigenvalue weighted by Crippen LogP contribution is -2.56. The van der Waals surface area contributed by atoms with Gasteiger partial charge in [0.2, 0.25) is 5.91 Å². The van der Waals surface area contributed by atoms with E-state index in [0.29, 0.717) is 18.7 Å². The van der Waals surface area contributed by atoms with E-state index in [2.05, 4.69) is 42.9 Å². The Kier molecular flexibility index (Phi) is 4.42. The highest BCUT2D eigenvalue weighted by molar-refractivity contribution is 6.05. The summed E-state index contributed by atoms with van der Waals surface area (Å²) in [6.45, 7) is 12.8. The lowest BCUT2D eigenvalue weighted by molar-refractivity contribution is -0.139. The highest BCUT2D eigenvalue weighted by Gasteiger charge is 2.39. The fourth-order valence-electron chi connectivity index (χ4n) is 4.81. The molecular weight excluding hydrogens is 402 g/mol. The van der Waals surface area contributed by atoms with Crippen LogP contribution in [-0.2, 0) is 21.4 Å². The number of amides is 2. The van der Waals surface area contributed by atoms with Gasteiger partial charge in [-0.2, -0.15) is 0 Å². The van der Waals surface area contributed by atoms with Gasteiger partial charge in [0.15, 0.2) is 0 Å². The lowest BCUT2D eigenvalue weighted by Gasteiger charge is -2.32. The highest BCUT2D eigenvalue weighted by atomic mass is 16.5. The minimum Gasteiger partial charge on any atom is -0.483 e. The van der Waals surface area contributed by atoms with Gasteiger partial charge in [0.25, 0.3) is 5.91 Å². The summed E-state index contributed by atoms with van der Waals surface area (Å²) < 4.78 is 6.17. The van der Waals surface area contributed by atoms with E-state index < -0.39 is 6.04 Å². The van der Waals surface area contributed by atoms with Crippen LogP contribution in [0.25, 0.3) is 17.0 Å². The Bertz CT molecular complexity index is 1230. The number of aromatic amines is 1. The summed E-state index contributed by atoms with van der Waals surface area (Å²) in [5.74, 6) is 0.607. The maximum atomic E-state index is 13.2. The summed E-state index contributed by atoms with van der Waals surface area (Å²) >= 11 is 0. The van der Waals surface area contributed by atoms with Crippen LogP contribution in [0.3, 0.4) is 0 Å². The van der Waals surface area contributed by atoms with Crippen molar-refractivity contribution in [2.75, 3.05) is 6.54 Å². The SMILES string of the molecule is C=CC(C)(C)c1[nH]c2cc3c(cc2c1CC1NC(=O)C2=CCCN2C1=O)C=CC(C)(C)O3. The molecule has 2 N–H and O–H groups in total. The van der Waals surface area contributed by atoms with Crippen molar-refractivity contribution in [3.63, 3.8) is 0 Å². The standard InChI is InChI=1S/C26H29N3O3/c1-6-25(2,3)22-17(13-19-24(31)29-11-7-8-20(29)23(30)28-19)16-12-15-9-10-26(4,5)32-21(15)14-18(16)27-22/h6,8-10,12,14,19,27H,1,7,11,13H2,2-5H3,(H,28,30). The molecule has 0 saturated carbocycles. The number of aromatic nitrogens is 1. The molecule has 2 aromatic rings. The van der Waals surface area contributed by atoms with Crippen molar-refractivity contribution in [2.24, 2.45) is 0 Å². The number of hydrogen-bond donors (Lipinski definition) is 2. The van der Waals surface area contributed by atoms with Gasteiger partial charge in [-0.25, -0.2) is 0 Å². The maximum Gasteiger partial charge on any atom is 0.268 e. The van der Waals surface area contributed by atoms with E-state index in [-0.39, 0.29) is 22.8 Å². The normalized spacial score (nSPS) is 21.7. The van der Waals surface area contributed by atoms with E-state index >= 15 is 0 Å². The molecule has 1 fully saturated rings. The first-order valence-electron chi connectivity index (χ1n) is 11.1. The second-order valence-corrected chi connectivity index (χ2v) is 9.98. The van der Waals surface area contributed by atoms with Crippen molar-refractivity contribution in [1.82, 2.24) is 15.2 Å². The van der Waals surface area contributed by atoms with Crippen LogP contribution in [0.2, 0.25) is 0 Å². The average Bonchev–Trinajstić information content (AvgIpc) is 3.36. The zero-order chi connectivity index (χ0) is 22.8. The van der Waals surface area contributed by atoms with Crippen molar-refractivity contribution < 1.29 is 14.3 Å². The maximum absolute atomic E-state index is 13.2. The molecule has 32 heavy (non-hydrogen) atoms. The van der Waals surface area contributed by atoms with E-state index in [1.807, 2.05) is 38.1 Å². The molecule has 0 spiro atoms. The number of benzene rings is 1. The third kappa shape index (κ3) is 3.17. The fourth-order valence-corrected chi connectivity index (χ4v) is 4.81. The second kappa shape index (κ2) is 6.86. The van der Waals surface area contributed by atoms with Gasteiger partial charge >= 0.3 is 0 Å². The summed E-state index contributed by atoms with van der Waals surface area (Å²) in [6.07, 6.45) is 9.01. The van der Waals surface area contributed by atoms with Gasteiger partial charge < -0.3 is 19.9 Å². The molecule has 1 aromatic heterocycles. The topological polar surface area (TPSA) is 74.4 Å². The summed E-state index contributed by atoms with van der Waals surface area (Å²) in [5.41, 5.74) is 3.75. The molecule has 0 bridgehead atoms. The number of carbonyl (C=O) groups is 2. The first-order chi connectivity index (χ1) is 15.1. The second-order valence-electron chi connectivity index (χ2n) is 9.98. The number of piperazine rings is 1. The van der Waals surface area contributed by atoms with Crippen molar-refractivity contribution >= 4 is 28.8 Å². The van der Waals surface area contributed by atoms with E-state index in [0.717, 1.165) is 39.9 Å². The molecule has 1 saturated heterocycles. The number of ether oxygens (including phenoxy) is 1. The largest absolute Gasteiger partial charge is 0.483 e. The van der Waals surface area contributed by atoms with Gasteiger partial charge in [-0.05, 0) is 38.0 Å². The van der Waals surface area contributed by atoms with Gasteiger partial charge in [-0.1, -0.05) is 32.1 Å². The quantitative estimate of drug-likeness (QED) is 0.720. The van der Waals surface area contributed by atoms with Crippen LogP contribution in [0.15, 0.2) is 42.6 Å². The number of H-pyrrole nitrogens is 1. The summed E-state index contributed by atoms with van der Waals surface area (Å²) in [5, 5.41) is 3.97. The summed E-state index contributed by atoms with van der Waals surface area (Å²) in [7, 11) is 0. The molecule has 0 radical (unpaired) electrons. The van der Waals surface area contributed by atoms with Gasteiger partial charge in [-0.15, -0.1) is 6.58 Å². The predicted molar refractivity (Wildman–Crippen MR) is 125 cm³/mol. The Hall–Kier alpha value is -3.28. The molecule has 1 unspecified atom stereocenters. The number of carbonyl (C=O) groups excluding carboxylic acids is 2. The van der Waals surface area contributed by atoms with Crippen molar-refractivity contribution in [3.8, 4) is 5.75 Å². The Morgan fingerprint density at radius 1 is 1.31 bits per heavy atom. The minimum absolute atomic E-state index is 0.0482. The molecule has 166 valence electrons. The molecule has 3 aliphatic rings. The molecule has 1 aromatic carbocycles. The zero-order valence-electron chi connectivity index (χ0n) is 19.0. The summed E-state index contributed by atoms with van der Waals surface area (Å²) in [6, 6.07) is 3.55. The third-order valence-corrected chi connectivity index (χ3v) is 6.72. The first-order valence-corrected chi connectivity index (χ1v) is 11.1. The Balaban J connectivity index is 1.61. The Morgan fingerprint density at radius 3 is 2.84 bits per heavy atom. The molecule has 1 atom stereocenters. The Labute approximate surface area is 188 Å². The van der Waals surface area contributed by atoms with Crippen LogP contribution >= 0.6 is 0 Å². The van der Waals surface area contributed by atoms with E-state index in [9.17, 15) is 9.59 Å². The van der Waals surface area contributed by atoms with Crippen LogP contribution in [0.5, 0.6) is 5.75 Å². The Morgan fingerprint density at radius 2 is 2.09 bits per heavy atom. The van der Waals surface area contributed by atoms with Crippen molar-refractivity contribution in [1.29, 1.82) is 0 Å². The number of fused-ring (bicyclic) bond motifs is 3. The molecule has 5 rings (SSSR count). The average molecular weight is 432 g/mol. The van der Waals surface area contributed by atoms with Crippen LogP contribution in [0, 0.1) is 0 Å². The minimum atomic E-state index is -0.599. The van der Waals surface area contributed by atoms with Crippen LogP contribution in [0.1, 0.15) is 50.9 Å². The number of hydrogen-bond acceptors (Lipinski definition) is 3. The molecule has 6 heteroatoms. The third-order valence-electron chi connectivity index (χ3n) is 6.72. The molecular formula is C26H29N3O3. The van der Waals surface area contributed by atoms with Gasteiger partial charge in [0.05, 0.1) is 0 Å². The molecule has 3 aliphatic heterocycles. The monoisotopic (exact) mass is 431 g/mol. The number of nitrogens with one attached hydrogen (secondary N) is 2. The van der Waals surface area contributed by atoms with Crippen LogP contribution in [0.4, 0.5) is 0 Å². The number of nitrogens with zero attached hydrogens (tertiary/aromatic N) is 1. The predicted octanol–water partition coefficient (Wildman–Crippen LogP) is 3.97. The van der Waals surface area contributed by atoms with E-state index in [1.54, 1.807) is 4.90 Å². The number of rotatable bonds is 4. The molecule has 2 amide bonds. The van der Waals surface area contributed by atoms with Gasteiger partial charge in [-0.3, -0.25) is 9.59 Å². The van der Waals surface area contributed by atoms with Gasteiger partial charge in [0.1, 0.15) is 23.1 Å². The summed E-state index contributed by atoms with van der Waals surface area (Å²) in [4.78, 5) is 30.9. The molecule has 4 heterocycles. The van der Waals surface area contributed by atoms with Crippen molar-refractivity contribution in [3.05, 3.63) is 59.5 Å². The first kappa shape index (κ1) is 20.6. The van der Waals surface area contributed by atoms with Crippen LogP contribution < -0.4 is 10.1 Å². The number of allylic oxidation sites excluding steroid dienone is 1. The smallest absolute Gasteiger partial charge is 0.268 e. The molecule has 0 aliphatic carbocycles. The highest BCUT2D eigenvalue weighted by Crippen LogP contribution is 2.39. The lowest BCUT2D eigenvalue weighted by atomic mass is 9.84. The van der Waals surface area contributed by atoms with Gasteiger partial charge in [0, 0.05) is 46.6 Å². The van der Waals surface area contributed by atoms with Crippen LogP contribution in [-0.4, -0.2) is 39.9 Å². The van der Waals surface area contributed by atoms with E-state index in [1.165, 1.54) is 0 Å². The zero-order valence-corrected chi connectivity index (χ0v) is 19.0.